The first-order chi connectivity index (χ1) is 12.2. The van der Waals surface area contributed by atoms with E-state index in [2.05, 4.69) is 23.5 Å². The van der Waals surface area contributed by atoms with Gasteiger partial charge in [0.15, 0.2) is 0 Å². The molecule has 128 valence electrons. The number of nitrogens with one attached hydrogen (secondary N) is 1. The molecule has 4 nitrogen and oxygen atoms in total. The van der Waals surface area contributed by atoms with Gasteiger partial charge in [-0.2, -0.15) is 5.26 Å². The van der Waals surface area contributed by atoms with Crippen LogP contribution < -0.4 is 5.32 Å². The summed E-state index contributed by atoms with van der Waals surface area (Å²) in [6.45, 7) is 2.07. The quantitative estimate of drug-likeness (QED) is 0.932. The van der Waals surface area contributed by atoms with Gasteiger partial charge in [-0.3, -0.25) is 4.79 Å². The molecule has 1 heterocycles. The minimum atomic E-state index is -0.107. The van der Waals surface area contributed by atoms with Crippen molar-refractivity contribution in [2.24, 2.45) is 0 Å². The van der Waals surface area contributed by atoms with Crippen molar-refractivity contribution < 1.29 is 9.53 Å². The molecule has 1 atom stereocenters. The van der Waals surface area contributed by atoms with E-state index in [4.69, 9.17) is 10.00 Å². The maximum absolute atomic E-state index is 12.5. The molecule has 3 rings (SSSR count). The van der Waals surface area contributed by atoms with Crippen LogP contribution in [-0.4, -0.2) is 25.7 Å². The zero-order chi connectivity index (χ0) is 17.5. The van der Waals surface area contributed by atoms with Crippen molar-refractivity contribution in [3.63, 3.8) is 0 Å². The third kappa shape index (κ3) is 4.07. The lowest BCUT2D eigenvalue weighted by atomic mass is 9.74. The molecule has 1 amide bonds. The van der Waals surface area contributed by atoms with Crippen LogP contribution in [0.5, 0.6) is 0 Å². The lowest BCUT2D eigenvalue weighted by Crippen LogP contribution is -2.41. The van der Waals surface area contributed by atoms with Crippen molar-refractivity contribution in [3.05, 3.63) is 71.3 Å². The molecule has 1 saturated heterocycles. The second-order valence-electron chi connectivity index (χ2n) is 6.48. The smallest absolute Gasteiger partial charge is 0.251 e. The Morgan fingerprint density at radius 3 is 2.56 bits per heavy atom. The van der Waals surface area contributed by atoms with Gasteiger partial charge in [0.2, 0.25) is 0 Å². The molecule has 2 aromatic carbocycles. The summed E-state index contributed by atoms with van der Waals surface area (Å²) in [4.78, 5) is 12.5. The highest BCUT2D eigenvalue weighted by Gasteiger charge is 2.33. The van der Waals surface area contributed by atoms with Crippen molar-refractivity contribution in [1.29, 1.82) is 5.26 Å². The summed E-state index contributed by atoms with van der Waals surface area (Å²) >= 11 is 0. The number of nitrogens with zero attached hydrogens (tertiary/aromatic N) is 1. The highest BCUT2D eigenvalue weighted by molar-refractivity contribution is 5.94. The number of benzene rings is 2. The molecule has 0 saturated carbocycles. The summed E-state index contributed by atoms with van der Waals surface area (Å²) in [6.07, 6.45) is 2.87. The first-order valence-electron chi connectivity index (χ1n) is 8.65. The van der Waals surface area contributed by atoms with Gasteiger partial charge in [-0.15, -0.1) is 0 Å². The fraction of sp³-hybridized carbons (Fsp3) is 0.333. The molecule has 0 aliphatic carbocycles. The fourth-order valence-corrected chi connectivity index (χ4v) is 3.41. The summed E-state index contributed by atoms with van der Waals surface area (Å²) in [7, 11) is 0. The number of hydrogen-bond donors (Lipinski definition) is 1. The van der Waals surface area contributed by atoms with Crippen molar-refractivity contribution >= 4 is 5.91 Å². The van der Waals surface area contributed by atoms with Crippen LogP contribution in [-0.2, 0) is 10.2 Å². The first kappa shape index (κ1) is 17.2. The minimum Gasteiger partial charge on any atom is -0.381 e. The van der Waals surface area contributed by atoms with E-state index in [-0.39, 0.29) is 11.3 Å². The normalized spacial score (nSPS) is 20.3. The molecule has 2 aromatic rings. The standard InChI is InChI=1S/C21H22N2O2/c22-15-17-7-9-18(10-8-17)20(24)23-16-21(11-4-13-25-14-12-21)19-5-2-1-3-6-19/h1-3,5-10H,4,11-14,16H2,(H,23,24)/t21-/m1/s1. The van der Waals surface area contributed by atoms with Gasteiger partial charge >= 0.3 is 0 Å². The van der Waals surface area contributed by atoms with Crippen LogP contribution in [0.4, 0.5) is 0 Å². The Kier molecular flexibility index (Phi) is 5.47. The van der Waals surface area contributed by atoms with Crippen LogP contribution in [0.1, 0.15) is 40.7 Å². The average molecular weight is 334 g/mol. The summed E-state index contributed by atoms with van der Waals surface area (Å²) in [5.41, 5.74) is 2.28. The van der Waals surface area contributed by atoms with Crippen LogP contribution >= 0.6 is 0 Å². The molecule has 1 aliphatic rings. The molecule has 0 radical (unpaired) electrons. The molecule has 4 heteroatoms. The summed E-state index contributed by atoms with van der Waals surface area (Å²) in [5.74, 6) is -0.107. The van der Waals surface area contributed by atoms with E-state index >= 15 is 0 Å². The van der Waals surface area contributed by atoms with E-state index in [0.29, 0.717) is 24.3 Å². The lowest BCUT2D eigenvalue weighted by molar-refractivity contribution is 0.0937. The highest BCUT2D eigenvalue weighted by atomic mass is 16.5. The molecule has 0 spiro atoms. The number of carbonyl (C=O) groups is 1. The van der Waals surface area contributed by atoms with Crippen LogP contribution in [0.25, 0.3) is 0 Å². The van der Waals surface area contributed by atoms with Gasteiger partial charge in [0.05, 0.1) is 11.6 Å². The fourth-order valence-electron chi connectivity index (χ4n) is 3.41. The zero-order valence-corrected chi connectivity index (χ0v) is 14.2. The van der Waals surface area contributed by atoms with Crippen LogP contribution in [0.2, 0.25) is 0 Å². The molecule has 1 N–H and O–H groups in total. The monoisotopic (exact) mass is 334 g/mol. The van der Waals surface area contributed by atoms with Crippen molar-refractivity contribution in [1.82, 2.24) is 5.32 Å². The van der Waals surface area contributed by atoms with Crippen molar-refractivity contribution in [2.45, 2.75) is 24.7 Å². The second kappa shape index (κ2) is 7.96. The topological polar surface area (TPSA) is 62.1 Å². The predicted octanol–water partition coefficient (Wildman–Crippen LogP) is 3.43. The average Bonchev–Trinajstić information content (AvgIpc) is 2.93. The number of hydrogen-bond acceptors (Lipinski definition) is 3. The Morgan fingerprint density at radius 2 is 1.84 bits per heavy atom. The molecular weight excluding hydrogens is 312 g/mol. The Balaban J connectivity index is 1.76. The third-order valence-electron chi connectivity index (χ3n) is 4.92. The first-order valence-corrected chi connectivity index (χ1v) is 8.65. The Labute approximate surface area is 148 Å². The van der Waals surface area contributed by atoms with Crippen molar-refractivity contribution in [3.8, 4) is 6.07 Å². The number of ether oxygens (including phenoxy) is 1. The molecular formula is C21H22N2O2. The van der Waals surface area contributed by atoms with E-state index in [9.17, 15) is 4.79 Å². The molecule has 1 fully saturated rings. The zero-order valence-electron chi connectivity index (χ0n) is 14.2. The van der Waals surface area contributed by atoms with E-state index < -0.39 is 0 Å². The van der Waals surface area contributed by atoms with Crippen LogP contribution in [0.15, 0.2) is 54.6 Å². The number of amides is 1. The predicted molar refractivity (Wildman–Crippen MR) is 96.3 cm³/mol. The Morgan fingerprint density at radius 1 is 1.08 bits per heavy atom. The molecule has 0 unspecified atom stereocenters. The Hall–Kier alpha value is -2.64. The molecule has 0 bridgehead atoms. The van der Waals surface area contributed by atoms with Crippen molar-refractivity contribution in [2.75, 3.05) is 19.8 Å². The van der Waals surface area contributed by atoms with E-state index in [0.717, 1.165) is 25.9 Å². The lowest BCUT2D eigenvalue weighted by Gasteiger charge is -2.33. The van der Waals surface area contributed by atoms with Gasteiger partial charge in [0.1, 0.15) is 0 Å². The van der Waals surface area contributed by atoms with Crippen LogP contribution in [0.3, 0.4) is 0 Å². The second-order valence-corrected chi connectivity index (χ2v) is 6.48. The Bertz CT molecular complexity index is 740. The van der Waals surface area contributed by atoms with Gasteiger partial charge in [-0.1, -0.05) is 30.3 Å². The largest absolute Gasteiger partial charge is 0.381 e. The number of nitriles is 1. The van der Waals surface area contributed by atoms with Gasteiger partial charge < -0.3 is 10.1 Å². The number of carbonyl (C=O) groups excluding carboxylic acids is 1. The van der Waals surface area contributed by atoms with Gasteiger partial charge in [0.25, 0.3) is 5.91 Å². The van der Waals surface area contributed by atoms with E-state index in [1.165, 1.54) is 5.56 Å². The van der Waals surface area contributed by atoms with E-state index in [1.54, 1.807) is 24.3 Å². The molecule has 0 aromatic heterocycles. The maximum Gasteiger partial charge on any atom is 0.251 e. The summed E-state index contributed by atoms with van der Waals surface area (Å²) < 4.78 is 5.64. The highest BCUT2D eigenvalue weighted by Crippen LogP contribution is 2.34. The number of rotatable bonds is 4. The van der Waals surface area contributed by atoms with Gasteiger partial charge in [-0.05, 0) is 49.1 Å². The summed E-state index contributed by atoms with van der Waals surface area (Å²) in [5, 5.41) is 12.0. The minimum absolute atomic E-state index is 0.0972. The SMILES string of the molecule is N#Cc1ccc(C(=O)NC[C@@]2(c3ccccc3)CCCOCC2)cc1. The van der Waals surface area contributed by atoms with Crippen LogP contribution in [0, 0.1) is 11.3 Å². The van der Waals surface area contributed by atoms with E-state index in [1.807, 2.05) is 18.2 Å². The molecule has 1 aliphatic heterocycles. The van der Waals surface area contributed by atoms with Gasteiger partial charge in [0, 0.05) is 30.7 Å². The molecule has 25 heavy (non-hydrogen) atoms. The third-order valence-corrected chi connectivity index (χ3v) is 4.92. The maximum atomic E-state index is 12.5. The summed E-state index contributed by atoms with van der Waals surface area (Å²) in [6, 6.07) is 19.2. The van der Waals surface area contributed by atoms with Gasteiger partial charge in [-0.25, -0.2) is 0 Å².